The third kappa shape index (κ3) is 4.18. The summed E-state index contributed by atoms with van der Waals surface area (Å²) in [6, 6.07) is 13.1. The molecule has 0 bridgehead atoms. The molecule has 5 rings (SSSR count). The molecule has 0 aliphatic heterocycles. The van der Waals surface area contributed by atoms with Crippen molar-refractivity contribution in [2.75, 3.05) is 19.5 Å². The molecule has 9 heteroatoms. The third-order valence-corrected chi connectivity index (χ3v) is 6.14. The molecule has 33 heavy (non-hydrogen) atoms. The molecule has 0 aliphatic carbocycles. The Labute approximate surface area is 193 Å². The first kappa shape index (κ1) is 20.8. The van der Waals surface area contributed by atoms with Crippen LogP contribution in [-0.4, -0.2) is 40.1 Å². The predicted molar refractivity (Wildman–Crippen MR) is 127 cm³/mol. The van der Waals surface area contributed by atoms with Gasteiger partial charge in [-0.15, -0.1) is 0 Å². The Kier molecular flexibility index (Phi) is 5.54. The first-order valence-corrected chi connectivity index (χ1v) is 10.9. The van der Waals surface area contributed by atoms with Gasteiger partial charge in [-0.25, -0.2) is 15.0 Å². The van der Waals surface area contributed by atoms with Crippen LogP contribution in [0.25, 0.3) is 21.1 Å². The number of methoxy groups -OCH3 is 2. The van der Waals surface area contributed by atoms with Gasteiger partial charge in [0.1, 0.15) is 6.33 Å². The van der Waals surface area contributed by atoms with E-state index in [9.17, 15) is 4.79 Å². The second kappa shape index (κ2) is 8.79. The summed E-state index contributed by atoms with van der Waals surface area (Å²) < 4.78 is 11.8. The minimum absolute atomic E-state index is 0.214. The fraction of sp³-hybridized carbons (Fsp3) is 0.125. The summed E-state index contributed by atoms with van der Waals surface area (Å²) in [6.07, 6.45) is 5.34. The van der Waals surface area contributed by atoms with Crippen LogP contribution in [0.3, 0.4) is 0 Å². The Hall–Kier alpha value is -4.11. The molecule has 8 nitrogen and oxygen atoms in total. The van der Waals surface area contributed by atoms with Gasteiger partial charge in [0.25, 0.3) is 5.91 Å². The van der Waals surface area contributed by atoms with Gasteiger partial charge in [0.05, 0.1) is 35.6 Å². The molecular formula is C24H19N5O3S. The van der Waals surface area contributed by atoms with Crippen molar-refractivity contribution in [2.24, 2.45) is 0 Å². The summed E-state index contributed by atoms with van der Waals surface area (Å²) in [5, 5.41) is 4.32. The van der Waals surface area contributed by atoms with Crippen molar-refractivity contribution < 1.29 is 14.3 Å². The Morgan fingerprint density at radius 2 is 1.76 bits per heavy atom. The number of thiazole rings is 1. The first-order valence-electron chi connectivity index (χ1n) is 10.1. The summed E-state index contributed by atoms with van der Waals surface area (Å²) in [5.41, 5.74) is 4.11. The highest BCUT2D eigenvalue weighted by Gasteiger charge is 2.13. The van der Waals surface area contributed by atoms with Crippen molar-refractivity contribution in [1.29, 1.82) is 0 Å². The van der Waals surface area contributed by atoms with Gasteiger partial charge in [-0.2, -0.15) is 0 Å². The van der Waals surface area contributed by atoms with Crippen molar-refractivity contribution in [1.82, 2.24) is 19.9 Å². The van der Waals surface area contributed by atoms with E-state index < -0.39 is 0 Å². The molecular weight excluding hydrogens is 438 g/mol. The van der Waals surface area contributed by atoms with Gasteiger partial charge in [-0.1, -0.05) is 17.4 Å². The van der Waals surface area contributed by atoms with E-state index >= 15 is 0 Å². The molecule has 164 valence electrons. The number of hydrogen-bond donors (Lipinski definition) is 1. The van der Waals surface area contributed by atoms with Crippen molar-refractivity contribution >= 4 is 43.5 Å². The number of ether oxygens (including phenoxy) is 2. The maximum atomic E-state index is 12.4. The van der Waals surface area contributed by atoms with Crippen LogP contribution in [0.1, 0.15) is 21.6 Å². The van der Waals surface area contributed by atoms with Crippen LogP contribution < -0.4 is 14.8 Å². The van der Waals surface area contributed by atoms with Crippen LogP contribution in [0.2, 0.25) is 0 Å². The lowest BCUT2D eigenvalue weighted by atomic mass is 10.0. The lowest BCUT2D eigenvalue weighted by molar-refractivity contribution is 0.102. The SMILES string of the molecule is COc1cc2ncnc(Cc3ccc4nc(NC(=O)c5ccncc5)sc4c3)c2cc1OC. The molecule has 2 aromatic carbocycles. The van der Waals surface area contributed by atoms with Crippen LogP contribution in [0.4, 0.5) is 5.13 Å². The molecule has 3 aromatic heterocycles. The van der Waals surface area contributed by atoms with Crippen LogP contribution in [0.5, 0.6) is 11.5 Å². The summed E-state index contributed by atoms with van der Waals surface area (Å²) in [5.74, 6) is 1.05. The van der Waals surface area contributed by atoms with E-state index in [1.807, 2.05) is 24.3 Å². The second-order valence-electron chi connectivity index (χ2n) is 7.23. The van der Waals surface area contributed by atoms with Gasteiger partial charge < -0.3 is 9.47 Å². The molecule has 0 aliphatic rings. The lowest BCUT2D eigenvalue weighted by Gasteiger charge is -2.11. The molecule has 0 saturated heterocycles. The molecule has 0 unspecified atom stereocenters. The van der Waals surface area contributed by atoms with E-state index in [-0.39, 0.29) is 5.91 Å². The third-order valence-electron chi connectivity index (χ3n) is 5.21. The fourth-order valence-electron chi connectivity index (χ4n) is 3.58. The summed E-state index contributed by atoms with van der Waals surface area (Å²) in [7, 11) is 3.21. The maximum absolute atomic E-state index is 12.4. The predicted octanol–water partition coefficient (Wildman–Crippen LogP) is 4.49. The molecule has 1 amide bonds. The number of anilines is 1. The van der Waals surface area contributed by atoms with Gasteiger partial charge in [0.2, 0.25) is 0 Å². The molecule has 0 saturated carbocycles. The van der Waals surface area contributed by atoms with Crippen LogP contribution in [0.15, 0.2) is 61.2 Å². The Morgan fingerprint density at radius 1 is 0.970 bits per heavy atom. The Bertz CT molecular complexity index is 1470. The first-order chi connectivity index (χ1) is 16.1. The van der Waals surface area contributed by atoms with Gasteiger partial charge in [0.15, 0.2) is 16.6 Å². The van der Waals surface area contributed by atoms with Crippen molar-refractivity contribution in [3.8, 4) is 11.5 Å². The quantitative estimate of drug-likeness (QED) is 0.401. The summed E-state index contributed by atoms with van der Waals surface area (Å²) in [6.45, 7) is 0. The monoisotopic (exact) mass is 457 g/mol. The Balaban J connectivity index is 1.43. The summed E-state index contributed by atoms with van der Waals surface area (Å²) >= 11 is 1.43. The highest BCUT2D eigenvalue weighted by molar-refractivity contribution is 7.22. The smallest absolute Gasteiger partial charge is 0.257 e. The van der Waals surface area contributed by atoms with Crippen LogP contribution in [0, 0.1) is 0 Å². The zero-order chi connectivity index (χ0) is 22.8. The maximum Gasteiger partial charge on any atom is 0.257 e. The lowest BCUT2D eigenvalue weighted by Crippen LogP contribution is -2.11. The molecule has 0 radical (unpaired) electrons. The van der Waals surface area contributed by atoms with Gasteiger partial charge in [-0.05, 0) is 35.9 Å². The number of amides is 1. The minimum Gasteiger partial charge on any atom is -0.493 e. The highest BCUT2D eigenvalue weighted by atomic mass is 32.1. The van der Waals surface area contributed by atoms with Crippen LogP contribution >= 0.6 is 11.3 Å². The number of fused-ring (bicyclic) bond motifs is 2. The van der Waals surface area contributed by atoms with E-state index in [0.717, 1.165) is 32.4 Å². The zero-order valence-corrected chi connectivity index (χ0v) is 18.7. The summed E-state index contributed by atoms with van der Waals surface area (Å²) in [4.78, 5) is 29.8. The van der Waals surface area contributed by atoms with E-state index in [4.69, 9.17) is 9.47 Å². The molecule has 0 atom stereocenters. The number of nitrogens with zero attached hydrogens (tertiary/aromatic N) is 4. The fourth-order valence-corrected chi connectivity index (χ4v) is 4.50. The largest absolute Gasteiger partial charge is 0.493 e. The van der Waals surface area contributed by atoms with Crippen molar-refractivity contribution in [3.05, 3.63) is 78.0 Å². The van der Waals surface area contributed by atoms with Gasteiger partial charge in [0, 0.05) is 35.8 Å². The van der Waals surface area contributed by atoms with Gasteiger partial charge in [-0.3, -0.25) is 15.1 Å². The number of carbonyl (C=O) groups is 1. The van der Waals surface area contributed by atoms with Crippen molar-refractivity contribution in [3.63, 3.8) is 0 Å². The normalized spacial score (nSPS) is 11.0. The van der Waals surface area contributed by atoms with E-state index in [2.05, 4.69) is 31.3 Å². The molecule has 0 spiro atoms. The number of rotatable bonds is 6. The van der Waals surface area contributed by atoms with E-state index in [1.54, 1.807) is 45.1 Å². The second-order valence-corrected chi connectivity index (χ2v) is 8.26. The molecule has 0 fully saturated rings. The highest BCUT2D eigenvalue weighted by Crippen LogP contribution is 2.33. The topological polar surface area (TPSA) is 99.1 Å². The Morgan fingerprint density at radius 3 is 2.55 bits per heavy atom. The van der Waals surface area contributed by atoms with Crippen molar-refractivity contribution in [2.45, 2.75) is 6.42 Å². The number of benzene rings is 2. The number of hydrogen-bond acceptors (Lipinski definition) is 8. The average molecular weight is 458 g/mol. The van der Waals surface area contributed by atoms with E-state index in [1.165, 1.54) is 11.3 Å². The molecule has 5 aromatic rings. The average Bonchev–Trinajstić information content (AvgIpc) is 3.25. The molecule has 1 N–H and O–H groups in total. The number of carbonyl (C=O) groups excluding carboxylic acids is 1. The van der Waals surface area contributed by atoms with Gasteiger partial charge >= 0.3 is 0 Å². The number of pyridine rings is 1. The molecule has 3 heterocycles. The number of nitrogens with one attached hydrogen (secondary N) is 1. The zero-order valence-electron chi connectivity index (χ0n) is 17.9. The standard InChI is InChI=1S/C24H19N5O3S/c1-31-20-11-16-18(26-13-27-19(16)12-21(20)32-2)9-14-3-4-17-22(10-14)33-24(28-17)29-23(30)15-5-7-25-8-6-15/h3-8,10-13H,9H2,1-2H3,(H,28,29,30). The minimum atomic E-state index is -0.214. The number of aromatic nitrogens is 4. The van der Waals surface area contributed by atoms with Crippen LogP contribution in [-0.2, 0) is 6.42 Å². The van der Waals surface area contributed by atoms with E-state index in [0.29, 0.717) is 28.6 Å².